The van der Waals surface area contributed by atoms with Crippen LogP contribution in [-0.4, -0.2) is 18.2 Å². The lowest BCUT2D eigenvalue weighted by atomic mass is 10.1. The molecule has 0 fully saturated rings. The normalized spacial score (nSPS) is 12.5. The Balaban J connectivity index is 2.72. The summed E-state index contributed by atoms with van der Waals surface area (Å²) >= 11 is 4.82. The van der Waals surface area contributed by atoms with Gasteiger partial charge < -0.3 is 9.84 Å². The summed E-state index contributed by atoms with van der Waals surface area (Å²) in [7, 11) is 1.60. The minimum Gasteiger partial charge on any atom is -0.486 e. The van der Waals surface area contributed by atoms with Crippen LogP contribution in [0.15, 0.2) is 10.5 Å². The topological polar surface area (TPSA) is 46.5 Å². The van der Waals surface area contributed by atoms with Gasteiger partial charge in [0.1, 0.15) is 0 Å². The standard InChI is InChI=1S/C9H11BrO3S/c1-5(8(11)12)3-6-4-7(10)9(13-2)14-6/h4-5H,3H2,1-2H3,(H,11,12). The Kier molecular flexibility index (Phi) is 3.95. The van der Waals surface area contributed by atoms with Crippen molar-refractivity contribution < 1.29 is 14.6 Å². The van der Waals surface area contributed by atoms with Crippen LogP contribution < -0.4 is 4.74 Å². The van der Waals surface area contributed by atoms with Gasteiger partial charge in [0.2, 0.25) is 0 Å². The first-order chi connectivity index (χ1) is 6.54. The first-order valence-electron chi connectivity index (χ1n) is 4.09. The van der Waals surface area contributed by atoms with Gasteiger partial charge in [-0.05, 0) is 28.4 Å². The molecule has 5 heteroatoms. The van der Waals surface area contributed by atoms with E-state index in [1.165, 1.54) is 11.3 Å². The molecule has 0 radical (unpaired) electrons. The molecule has 0 aliphatic carbocycles. The summed E-state index contributed by atoms with van der Waals surface area (Å²) in [6, 6.07) is 1.91. The molecule has 1 heterocycles. The molecule has 1 unspecified atom stereocenters. The van der Waals surface area contributed by atoms with Crippen molar-refractivity contribution in [2.45, 2.75) is 13.3 Å². The highest BCUT2D eigenvalue weighted by Crippen LogP contribution is 2.35. The molecule has 0 aromatic carbocycles. The van der Waals surface area contributed by atoms with E-state index in [1.54, 1.807) is 14.0 Å². The summed E-state index contributed by atoms with van der Waals surface area (Å²) in [5.74, 6) is -1.13. The molecule has 0 amide bonds. The highest BCUT2D eigenvalue weighted by Gasteiger charge is 2.15. The average molecular weight is 279 g/mol. The van der Waals surface area contributed by atoms with Gasteiger partial charge in [-0.3, -0.25) is 4.79 Å². The molecule has 0 spiro atoms. The molecule has 3 nitrogen and oxygen atoms in total. The number of halogens is 1. The third-order valence-electron chi connectivity index (χ3n) is 1.82. The second-order valence-electron chi connectivity index (χ2n) is 3.00. The summed E-state index contributed by atoms with van der Waals surface area (Å²) in [6.07, 6.45) is 0.544. The lowest BCUT2D eigenvalue weighted by Crippen LogP contribution is -2.11. The van der Waals surface area contributed by atoms with E-state index < -0.39 is 5.97 Å². The Morgan fingerprint density at radius 1 is 1.79 bits per heavy atom. The summed E-state index contributed by atoms with van der Waals surface area (Å²) in [5, 5.41) is 9.53. The lowest BCUT2D eigenvalue weighted by molar-refractivity contribution is -0.141. The molecule has 1 aromatic rings. The van der Waals surface area contributed by atoms with Crippen molar-refractivity contribution in [3.63, 3.8) is 0 Å². The second-order valence-corrected chi connectivity index (χ2v) is 4.95. The number of hydrogen-bond acceptors (Lipinski definition) is 3. The predicted molar refractivity (Wildman–Crippen MR) is 59.1 cm³/mol. The van der Waals surface area contributed by atoms with Gasteiger partial charge in [0, 0.05) is 4.88 Å². The second kappa shape index (κ2) is 4.79. The Bertz CT molecular complexity index is 335. The average Bonchev–Trinajstić information content (AvgIpc) is 2.45. The summed E-state index contributed by atoms with van der Waals surface area (Å²) in [5.41, 5.74) is 0. The Hall–Kier alpha value is -0.550. The van der Waals surface area contributed by atoms with Gasteiger partial charge in [0.25, 0.3) is 0 Å². The van der Waals surface area contributed by atoms with Crippen molar-refractivity contribution in [1.82, 2.24) is 0 Å². The van der Waals surface area contributed by atoms with Gasteiger partial charge in [-0.2, -0.15) is 0 Å². The molecule has 78 valence electrons. The Morgan fingerprint density at radius 2 is 2.43 bits per heavy atom. The predicted octanol–water partition coefficient (Wildman–Crippen LogP) is 2.78. The largest absolute Gasteiger partial charge is 0.486 e. The molecule has 1 aromatic heterocycles. The van der Waals surface area contributed by atoms with Crippen LogP contribution in [0.2, 0.25) is 0 Å². The zero-order chi connectivity index (χ0) is 10.7. The number of ether oxygens (including phenoxy) is 1. The maximum atomic E-state index is 10.6. The molecule has 0 bridgehead atoms. The van der Waals surface area contributed by atoms with Crippen molar-refractivity contribution in [3.05, 3.63) is 15.4 Å². The van der Waals surface area contributed by atoms with Gasteiger partial charge in [-0.1, -0.05) is 6.92 Å². The van der Waals surface area contributed by atoms with Crippen molar-refractivity contribution in [1.29, 1.82) is 0 Å². The highest BCUT2D eigenvalue weighted by atomic mass is 79.9. The van der Waals surface area contributed by atoms with E-state index in [2.05, 4.69) is 15.9 Å². The van der Waals surface area contributed by atoms with Crippen LogP contribution >= 0.6 is 27.3 Å². The van der Waals surface area contributed by atoms with Crippen LogP contribution in [0, 0.1) is 5.92 Å². The van der Waals surface area contributed by atoms with Crippen molar-refractivity contribution in [3.8, 4) is 5.06 Å². The van der Waals surface area contributed by atoms with Gasteiger partial charge in [-0.15, -0.1) is 11.3 Å². The molecular formula is C9H11BrO3S. The number of carbonyl (C=O) groups is 1. The van der Waals surface area contributed by atoms with Gasteiger partial charge in [0.05, 0.1) is 17.5 Å². The SMILES string of the molecule is COc1sc(CC(C)C(=O)O)cc1Br. The Morgan fingerprint density at radius 3 is 2.86 bits per heavy atom. The van der Waals surface area contributed by atoms with Crippen molar-refractivity contribution in [2.75, 3.05) is 7.11 Å². The third-order valence-corrected chi connectivity index (χ3v) is 3.79. The fourth-order valence-electron chi connectivity index (χ4n) is 1.03. The van der Waals surface area contributed by atoms with E-state index in [9.17, 15) is 4.79 Å². The van der Waals surface area contributed by atoms with E-state index in [-0.39, 0.29) is 5.92 Å². The zero-order valence-corrected chi connectivity index (χ0v) is 10.3. The van der Waals surface area contributed by atoms with E-state index in [4.69, 9.17) is 9.84 Å². The van der Waals surface area contributed by atoms with E-state index in [0.29, 0.717) is 6.42 Å². The fourth-order valence-corrected chi connectivity index (χ4v) is 2.85. The minimum absolute atomic E-state index is 0.356. The number of thiophene rings is 1. The molecule has 1 N–H and O–H groups in total. The van der Waals surface area contributed by atoms with Crippen LogP contribution in [0.1, 0.15) is 11.8 Å². The third kappa shape index (κ3) is 2.72. The number of rotatable bonds is 4. The molecule has 0 aliphatic heterocycles. The van der Waals surface area contributed by atoms with Crippen LogP contribution in [0.4, 0.5) is 0 Å². The van der Waals surface area contributed by atoms with Gasteiger partial charge in [0.15, 0.2) is 5.06 Å². The maximum absolute atomic E-state index is 10.6. The van der Waals surface area contributed by atoms with Crippen LogP contribution in [0.25, 0.3) is 0 Å². The van der Waals surface area contributed by atoms with E-state index in [1.807, 2.05) is 6.07 Å². The summed E-state index contributed by atoms with van der Waals surface area (Å²) in [4.78, 5) is 11.6. The fraction of sp³-hybridized carbons (Fsp3) is 0.444. The summed E-state index contributed by atoms with van der Waals surface area (Å²) in [6.45, 7) is 1.70. The van der Waals surface area contributed by atoms with E-state index in [0.717, 1.165) is 14.4 Å². The number of carboxylic acids is 1. The van der Waals surface area contributed by atoms with Crippen LogP contribution in [-0.2, 0) is 11.2 Å². The molecule has 1 atom stereocenters. The van der Waals surface area contributed by atoms with Crippen molar-refractivity contribution >= 4 is 33.2 Å². The lowest BCUT2D eigenvalue weighted by Gasteiger charge is -2.02. The Labute approximate surface area is 94.8 Å². The first-order valence-corrected chi connectivity index (χ1v) is 5.70. The van der Waals surface area contributed by atoms with E-state index >= 15 is 0 Å². The first kappa shape index (κ1) is 11.5. The number of carboxylic acid groups (broad SMARTS) is 1. The maximum Gasteiger partial charge on any atom is 0.306 e. The van der Waals surface area contributed by atoms with Crippen LogP contribution in [0.3, 0.4) is 0 Å². The number of methoxy groups -OCH3 is 1. The smallest absolute Gasteiger partial charge is 0.306 e. The van der Waals surface area contributed by atoms with Gasteiger partial charge in [-0.25, -0.2) is 0 Å². The molecule has 1 rings (SSSR count). The number of hydrogen-bond donors (Lipinski definition) is 1. The molecule has 0 saturated carbocycles. The molecule has 14 heavy (non-hydrogen) atoms. The van der Waals surface area contributed by atoms with Gasteiger partial charge >= 0.3 is 5.97 Å². The molecule has 0 aliphatic rings. The van der Waals surface area contributed by atoms with Crippen molar-refractivity contribution in [2.24, 2.45) is 5.92 Å². The molecule has 0 saturated heterocycles. The summed E-state index contributed by atoms with van der Waals surface area (Å²) < 4.78 is 5.98. The van der Waals surface area contributed by atoms with Crippen LogP contribution in [0.5, 0.6) is 5.06 Å². The molecular weight excluding hydrogens is 268 g/mol. The quantitative estimate of drug-likeness (QED) is 0.921. The zero-order valence-electron chi connectivity index (χ0n) is 7.91. The monoisotopic (exact) mass is 278 g/mol. The highest BCUT2D eigenvalue weighted by molar-refractivity contribution is 9.10. The minimum atomic E-state index is -0.770. The number of aliphatic carboxylic acids is 1.